The van der Waals surface area contributed by atoms with Crippen LogP contribution in [0.4, 0.5) is 11.8 Å². The molecule has 0 bridgehead atoms. The molecule has 1 fully saturated rings. The van der Waals surface area contributed by atoms with E-state index < -0.39 is 0 Å². The summed E-state index contributed by atoms with van der Waals surface area (Å²) >= 11 is 0. The van der Waals surface area contributed by atoms with Crippen LogP contribution >= 0.6 is 0 Å². The van der Waals surface area contributed by atoms with Gasteiger partial charge in [0.2, 0.25) is 5.95 Å². The van der Waals surface area contributed by atoms with Gasteiger partial charge >= 0.3 is 0 Å². The number of aromatic nitrogens is 4. The first kappa shape index (κ1) is 11.8. The fourth-order valence-electron chi connectivity index (χ4n) is 2.03. The smallest absolute Gasteiger partial charge is 0.220 e. The Hall–Kier alpha value is -2.28. The first-order valence-electron chi connectivity index (χ1n) is 6.19. The molecule has 1 saturated heterocycles. The Kier molecular flexibility index (Phi) is 3.20. The molecular weight excluding hydrogens is 242 g/mol. The van der Waals surface area contributed by atoms with Gasteiger partial charge in [0.15, 0.2) is 0 Å². The summed E-state index contributed by atoms with van der Waals surface area (Å²) in [7, 11) is 0. The normalized spacial score (nSPS) is 15.5. The van der Waals surface area contributed by atoms with Crippen molar-refractivity contribution in [1.82, 2.24) is 25.3 Å². The van der Waals surface area contributed by atoms with Crippen molar-refractivity contribution in [2.45, 2.75) is 0 Å². The minimum atomic E-state index is 0.241. The monoisotopic (exact) mass is 257 g/mol. The molecule has 0 saturated carbocycles. The van der Waals surface area contributed by atoms with Crippen LogP contribution in [0.3, 0.4) is 0 Å². The van der Waals surface area contributed by atoms with Gasteiger partial charge in [-0.15, -0.1) is 0 Å². The summed E-state index contributed by atoms with van der Waals surface area (Å²) < 4.78 is 0. The molecule has 98 valence electrons. The minimum absolute atomic E-state index is 0.241. The Bertz CT molecular complexity index is 548. The molecule has 3 N–H and O–H groups in total. The summed E-state index contributed by atoms with van der Waals surface area (Å²) in [5, 5.41) is 3.31. The van der Waals surface area contributed by atoms with Crippen LogP contribution < -0.4 is 16.0 Å². The maximum Gasteiger partial charge on any atom is 0.220 e. The van der Waals surface area contributed by atoms with Crippen LogP contribution in [-0.4, -0.2) is 46.1 Å². The standard InChI is InChI=1S/C12H15N7/c13-12-15-2-1-9(18-12)10-7-17-11(8-16-10)19-5-3-14-4-6-19/h1-2,7-8,14H,3-6H2,(H2,13,15,18). The summed E-state index contributed by atoms with van der Waals surface area (Å²) in [6, 6.07) is 1.77. The van der Waals surface area contributed by atoms with Crippen molar-refractivity contribution in [3.05, 3.63) is 24.7 Å². The first-order chi connectivity index (χ1) is 9.33. The third-order valence-electron chi connectivity index (χ3n) is 3.02. The van der Waals surface area contributed by atoms with E-state index in [9.17, 15) is 0 Å². The predicted molar refractivity (Wildman–Crippen MR) is 72.6 cm³/mol. The third-order valence-corrected chi connectivity index (χ3v) is 3.02. The van der Waals surface area contributed by atoms with E-state index in [1.807, 2.05) is 0 Å². The molecular formula is C12H15N7. The molecule has 1 aliphatic heterocycles. The van der Waals surface area contributed by atoms with Crippen molar-refractivity contribution >= 4 is 11.8 Å². The maximum atomic E-state index is 5.56. The number of nitrogens with zero attached hydrogens (tertiary/aromatic N) is 5. The molecule has 0 unspecified atom stereocenters. The van der Waals surface area contributed by atoms with Gasteiger partial charge in [-0.25, -0.2) is 19.9 Å². The van der Waals surface area contributed by atoms with Gasteiger partial charge in [0.25, 0.3) is 0 Å². The lowest BCUT2D eigenvalue weighted by molar-refractivity contribution is 0.584. The molecule has 2 aromatic heterocycles. The number of anilines is 2. The molecule has 0 amide bonds. The van der Waals surface area contributed by atoms with Gasteiger partial charge in [-0.2, -0.15) is 0 Å². The fourth-order valence-corrected chi connectivity index (χ4v) is 2.03. The highest BCUT2D eigenvalue weighted by Crippen LogP contribution is 2.16. The van der Waals surface area contributed by atoms with Gasteiger partial charge < -0.3 is 16.0 Å². The van der Waals surface area contributed by atoms with Crippen LogP contribution in [-0.2, 0) is 0 Å². The molecule has 0 aromatic carbocycles. The van der Waals surface area contributed by atoms with E-state index in [0.29, 0.717) is 11.4 Å². The lowest BCUT2D eigenvalue weighted by atomic mass is 10.3. The molecule has 0 spiro atoms. The van der Waals surface area contributed by atoms with Crippen molar-refractivity contribution in [2.75, 3.05) is 36.8 Å². The highest BCUT2D eigenvalue weighted by molar-refractivity contribution is 5.55. The zero-order valence-corrected chi connectivity index (χ0v) is 10.5. The summed E-state index contributed by atoms with van der Waals surface area (Å²) in [6.45, 7) is 3.86. The van der Waals surface area contributed by atoms with Crippen LogP contribution in [0.25, 0.3) is 11.4 Å². The van der Waals surface area contributed by atoms with E-state index in [4.69, 9.17) is 5.73 Å². The summed E-state index contributed by atoms with van der Waals surface area (Å²) in [6.07, 6.45) is 5.11. The fraction of sp³-hybridized carbons (Fsp3) is 0.333. The zero-order chi connectivity index (χ0) is 13.1. The van der Waals surface area contributed by atoms with Crippen molar-refractivity contribution in [3.8, 4) is 11.4 Å². The lowest BCUT2D eigenvalue weighted by Crippen LogP contribution is -2.43. The van der Waals surface area contributed by atoms with Crippen LogP contribution in [0, 0.1) is 0 Å². The number of hydrogen-bond donors (Lipinski definition) is 2. The highest BCUT2D eigenvalue weighted by Gasteiger charge is 2.12. The predicted octanol–water partition coefficient (Wildman–Crippen LogP) is -0.0746. The van der Waals surface area contributed by atoms with Gasteiger partial charge in [0, 0.05) is 32.4 Å². The van der Waals surface area contributed by atoms with Gasteiger partial charge in [-0.1, -0.05) is 0 Å². The molecule has 19 heavy (non-hydrogen) atoms. The molecule has 0 atom stereocenters. The third kappa shape index (κ3) is 2.60. The second-order valence-electron chi connectivity index (χ2n) is 4.30. The Morgan fingerprint density at radius 3 is 2.58 bits per heavy atom. The molecule has 7 heteroatoms. The Morgan fingerprint density at radius 1 is 1.05 bits per heavy atom. The second kappa shape index (κ2) is 5.15. The van der Waals surface area contributed by atoms with Gasteiger partial charge in [0.05, 0.1) is 18.1 Å². The van der Waals surface area contributed by atoms with Crippen molar-refractivity contribution < 1.29 is 0 Å². The number of nitrogens with one attached hydrogen (secondary N) is 1. The van der Waals surface area contributed by atoms with Gasteiger partial charge in [-0.3, -0.25) is 0 Å². The molecule has 7 nitrogen and oxygen atoms in total. The summed E-state index contributed by atoms with van der Waals surface area (Å²) in [5.74, 6) is 1.14. The number of hydrogen-bond acceptors (Lipinski definition) is 7. The van der Waals surface area contributed by atoms with Gasteiger partial charge in [-0.05, 0) is 6.07 Å². The van der Waals surface area contributed by atoms with Crippen LogP contribution in [0.5, 0.6) is 0 Å². The molecule has 1 aliphatic rings. The zero-order valence-electron chi connectivity index (χ0n) is 10.5. The second-order valence-corrected chi connectivity index (χ2v) is 4.30. The van der Waals surface area contributed by atoms with E-state index in [1.54, 1.807) is 24.7 Å². The van der Waals surface area contributed by atoms with E-state index in [2.05, 4.69) is 30.2 Å². The Morgan fingerprint density at radius 2 is 1.89 bits per heavy atom. The Balaban J connectivity index is 1.82. The molecule has 0 radical (unpaired) electrons. The topological polar surface area (TPSA) is 92.8 Å². The van der Waals surface area contributed by atoms with Crippen molar-refractivity contribution in [2.24, 2.45) is 0 Å². The highest BCUT2D eigenvalue weighted by atomic mass is 15.2. The molecule has 3 heterocycles. The van der Waals surface area contributed by atoms with E-state index in [0.717, 1.165) is 32.0 Å². The van der Waals surface area contributed by atoms with Crippen molar-refractivity contribution in [3.63, 3.8) is 0 Å². The number of piperazine rings is 1. The average molecular weight is 257 g/mol. The van der Waals surface area contributed by atoms with Gasteiger partial charge in [0.1, 0.15) is 11.5 Å². The first-order valence-corrected chi connectivity index (χ1v) is 6.19. The van der Waals surface area contributed by atoms with E-state index >= 15 is 0 Å². The Labute approximate surface area is 110 Å². The molecule has 3 rings (SSSR count). The quantitative estimate of drug-likeness (QED) is 0.777. The van der Waals surface area contributed by atoms with E-state index in [-0.39, 0.29) is 5.95 Å². The SMILES string of the molecule is Nc1nccc(-c2cnc(N3CCNCC3)cn2)n1. The van der Waals surface area contributed by atoms with Crippen LogP contribution in [0.15, 0.2) is 24.7 Å². The largest absolute Gasteiger partial charge is 0.368 e. The van der Waals surface area contributed by atoms with Crippen LogP contribution in [0.2, 0.25) is 0 Å². The minimum Gasteiger partial charge on any atom is -0.368 e. The maximum absolute atomic E-state index is 5.56. The van der Waals surface area contributed by atoms with E-state index in [1.165, 1.54) is 0 Å². The number of nitrogen functional groups attached to an aromatic ring is 1. The molecule has 0 aliphatic carbocycles. The summed E-state index contributed by atoms with van der Waals surface area (Å²) in [4.78, 5) is 19.0. The lowest BCUT2D eigenvalue weighted by Gasteiger charge is -2.27. The molecule has 2 aromatic rings. The van der Waals surface area contributed by atoms with Crippen molar-refractivity contribution in [1.29, 1.82) is 0 Å². The van der Waals surface area contributed by atoms with Crippen LogP contribution in [0.1, 0.15) is 0 Å². The number of nitrogens with two attached hydrogens (primary N) is 1. The summed E-state index contributed by atoms with van der Waals surface area (Å²) in [5.41, 5.74) is 6.95. The average Bonchev–Trinajstić information content (AvgIpc) is 2.48. The number of rotatable bonds is 2.